The van der Waals surface area contributed by atoms with Gasteiger partial charge in [0.05, 0.1) is 5.60 Å². The van der Waals surface area contributed by atoms with Crippen molar-refractivity contribution in [2.24, 2.45) is 0 Å². The molecule has 1 aromatic carbocycles. The fourth-order valence-corrected chi connectivity index (χ4v) is 1.42. The number of aliphatic hydroxyl groups is 1. The van der Waals surface area contributed by atoms with Gasteiger partial charge >= 0.3 is 0 Å². The van der Waals surface area contributed by atoms with Crippen LogP contribution in [0.4, 0.5) is 0 Å². The van der Waals surface area contributed by atoms with Crippen molar-refractivity contribution in [3.8, 4) is 5.75 Å². The first kappa shape index (κ1) is 14.3. The molecular weight excluding hydrogens is 238 g/mol. The van der Waals surface area contributed by atoms with E-state index in [-0.39, 0.29) is 5.75 Å². The number of aromatic hydroxyl groups is 1. The molecule has 3 N–H and O–H groups in total. The van der Waals surface area contributed by atoms with Gasteiger partial charge in [-0.1, -0.05) is 11.6 Å². The zero-order valence-electron chi connectivity index (χ0n) is 10.7. The summed E-state index contributed by atoms with van der Waals surface area (Å²) in [6.07, 6.45) is 0. The topological polar surface area (TPSA) is 52.5 Å². The van der Waals surface area contributed by atoms with Crippen LogP contribution in [0.3, 0.4) is 0 Å². The first-order valence-corrected chi connectivity index (χ1v) is 5.96. The molecule has 3 nitrogen and oxygen atoms in total. The number of rotatable bonds is 4. The standard InChI is InChI=1S/C13H20ClNO2/c1-12(2,13(3,4)17)15-8-9-7-10(14)5-6-11(9)16/h5-7,15-17H,8H2,1-4H3. The van der Waals surface area contributed by atoms with Gasteiger partial charge in [0.25, 0.3) is 0 Å². The molecule has 0 amide bonds. The van der Waals surface area contributed by atoms with Crippen LogP contribution in [-0.4, -0.2) is 21.4 Å². The summed E-state index contributed by atoms with van der Waals surface area (Å²) in [5.41, 5.74) is -0.613. The second kappa shape index (κ2) is 4.84. The Bertz CT molecular complexity index is 397. The molecule has 0 spiro atoms. The molecule has 1 rings (SSSR count). The lowest BCUT2D eigenvalue weighted by molar-refractivity contribution is -0.00539. The number of halogens is 1. The van der Waals surface area contributed by atoms with Gasteiger partial charge in [0, 0.05) is 22.7 Å². The van der Waals surface area contributed by atoms with Crippen molar-refractivity contribution in [1.82, 2.24) is 5.32 Å². The van der Waals surface area contributed by atoms with Crippen molar-refractivity contribution < 1.29 is 10.2 Å². The van der Waals surface area contributed by atoms with Crippen molar-refractivity contribution in [2.75, 3.05) is 0 Å². The lowest BCUT2D eigenvalue weighted by Gasteiger charge is -2.38. The molecule has 0 fully saturated rings. The van der Waals surface area contributed by atoms with Gasteiger partial charge in [-0.15, -0.1) is 0 Å². The number of benzene rings is 1. The summed E-state index contributed by atoms with van der Waals surface area (Å²) in [6, 6.07) is 4.92. The predicted molar refractivity (Wildman–Crippen MR) is 70.3 cm³/mol. The maximum absolute atomic E-state index is 10.00. The molecule has 0 saturated carbocycles. The van der Waals surface area contributed by atoms with E-state index < -0.39 is 11.1 Å². The van der Waals surface area contributed by atoms with Crippen LogP contribution in [0.1, 0.15) is 33.3 Å². The monoisotopic (exact) mass is 257 g/mol. The minimum Gasteiger partial charge on any atom is -0.508 e. The maximum atomic E-state index is 10.00. The maximum Gasteiger partial charge on any atom is 0.120 e. The van der Waals surface area contributed by atoms with Gasteiger partial charge in [-0.2, -0.15) is 0 Å². The van der Waals surface area contributed by atoms with Crippen molar-refractivity contribution >= 4 is 11.6 Å². The Balaban J connectivity index is 2.77. The summed E-state index contributed by atoms with van der Waals surface area (Å²) >= 11 is 5.87. The van der Waals surface area contributed by atoms with Gasteiger partial charge in [-0.3, -0.25) is 0 Å². The lowest BCUT2D eigenvalue weighted by atomic mass is 9.86. The normalized spacial score (nSPS) is 12.8. The number of phenols is 1. The number of nitrogens with one attached hydrogen (secondary N) is 1. The largest absolute Gasteiger partial charge is 0.508 e. The van der Waals surface area contributed by atoms with Crippen LogP contribution in [0.25, 0.3) is 0 Å². The third-order valence-corrected chi connectivity index (χ3v) is 3.53. The van der Waals surface area contributed by atoms with Crippen molar-refractivity contribution in [3.63, 3.8) is 0 Å². The Hall–Kier alpha value is -0.770. The summed E-state index contributed by atoms with van der Waals surface area (Å²) in [6.45, 7) is 7.77. The molecule has 0 heterocycles. The second-order valence-electron chi connectivity index (χ2n) is 5.31. The average Bonchev–Trinajstić information content (AvgIpc) is 2.18. The number of phenolic OH excluding ortho intramolecular Hbond substituents is 1. The van der Waals surface area contributed by atoms with Crippen LogP contribution in [0, 0.1) is 0 Å². The van der Waals surface area contributed by atoms with Gasteiger partial charge in [0.1, 0.15) is 5.75 Å². The van der Waals surface area contributed by atoms with E-state index in [4.69, 9.17) is 11.6 Å². The third-order valence-electron chi connectivity index (χ3n) is 3.29. The van der Waals surface area contributed by atoms with Crippen molar-refractivity contribution in [2.45, 2.75) is 45.4 Å². The van der Waals surface area contributed by atoms with Gasteiger partial charge in [0.15, 0.2) is 0 Å². The van der Waals surface area contributed by atoms with Crippen molar-refractivity contribution in [3.05, 3.63) is 28.8 Å². The van der Waals surface area contributed by atoms with Gasteiger partial charge in [0.2, 0.25) is 0 Å². The molecule has 0 bridgehead atoms. The van der Waals surface area contributed by atoms with E-state index in [1.165, 1.54) is 0 Å². The smallest absolute Gasteiger partial charge is 0.120 e. The fraction of sp³-hybridized carbons (Fsp3) is 0.538. The van der Waals surface area contributed by atoms with Gasteiger partial charge in [-0.05, 0) is 45.9 Å². The summed E-state index contributed by atoms with van der Waals surface area (Å²) < 4.78 is 0. The zero-order chi connectivity index (χ0) is 13.3. The van der Waals surface area contributed by atoms with E-state index in [0.717, 1.165) is 5.56 Å². The molecule has 1 aromatic rings. The molecule has 0 aliphatic rings. The highest BCUT2D eigenvalue weighted by Crippen LogP contribution is 2.24. The fourth-order valence-electron chi connectivity index (χ4n) is 1.23. The molecular formula is C13H20ClNO2. The van der Waals surface area contributed by atoms with Gasteiger partial charge in [-0.25, -0.2) is 0 Å². The number of hydrogen-bond acceptors (Lipinski definition) is 3. The van der Waals surface area contributed by atoms with Crippen LogP contribution >= 0.6 is 11.6 Å². The molecule has 0 radical (unpaired) electrons. The molecule has 17 heavy (non-hydrogen) atoms. The lowest BCUT2D eigenvalue weighted by Crippen LogP contribution is -2.55. The van der Waals surface area contributed by atoms with E-state index in [1.54, 1.807) is 32.0 Å². The molecule has 0 aromatic heterocycles. The third kappa shape index (κ3) is 3.60. The summed E-state index contributed by atoms with van der Waals surface area (Å²) in [5, 5.41) is 23.5. The summed E-state index contributed by atoms with van der Waals surface area (Å²) in [7, 11) is 0. The van der Waals surface area contributed by atoms with E-state index in [9.17, 15) is 10.2 Å². The first-order chi connectivity index (χ1) is 7.63. The van der Waals surface area contributed by atoms with E-state index in [1.807, 2.05) is 13.8 Å². The molecule has 4 heteroatoms. The van der Waals surface area contributed by atoms with E-state index >= 15 is 0 Å². The minimum atomic E-state index is -0.860. The Morgan fingerprint density at radius 1 is 1.24 bits per heavy atom. The Morgan fingerprint density at radius 2 is 1.82 bits per heavy atom. The quantitative estimate of drug-likeness (QED) is 0.777. The molecule has 0 aliphatic heterocycles. The zero-order valence-corrected chi connectivity index (χ0v) is 11.5. The van der Waals surface area contributed by atoms with Gasteiger partial charge < -0.3 is 15.5 Å². The Labute approximate surface area is 107 Å². The average molecular weight is 258 g/mol. The molecule has 0 unspecified atom stereocenters. The Kier molecular flexibility index (Phi) is 4.07. The summed E-state index contributed by atoms with van der Waals surface area (Å²) in [4.78, 5) is 0. The van der Waals surface area contributed by atoms with E-state index in [2.05, 4.69) is 5.32 Å². The highest BCUT2D eigenvalue weighted by atomic mass is 35.5. The van der Waals surface area contributed by atoms with Crippen LogP contribution < -0.4 is 5.32 Å². The highest BCUT2D eigenvalue weighted by Gasteiger charge is 2.34. The second-order valence-corrected chi connectivity index (χ2v) is 5.75. The summed E-state index contributed by atoms with van der Waals surface area (Å²) in [5.74, 6) is 0.202. The predicted octanol–water partition coefficient (Wildman–Crippen LogP) is 2.68. The SMILES string of the molecule is CC(C)(O)C(C)(C)NCc1cc(Cl)ccc1O. The van der Waals surface area contributed by atoms with Crippen LogP contribution in [-0.2, 0) is 6.54 Å². The highest BCUT2D eigenvalue weighted by molar-refractivity contribution is 6.30. The molecule has 96 valence electrons. The Morgan fingerprint density at radius 3 is 2.35 bits per heavy atom. The minimum absolute atomic E-state index is 0.202. The first-order valence-electron chi connectivity index (χ1n) is 5.58. The molecule has 0 saturated heterocycles. The van der Waals surface area contributed by atoms with E-state index in [0.29, 0.717) is 11.6 Å². The number of hydrogen-bond donors (Lipinski definition) is 3. The van der Waals surface area contributed by atoms with Crippen LogP contribution in [0.5, 0.6) is 5.75 Å². The molecule has 0 aliphatic carbocycles. The van der Waals surface area contributed by atoms with Crippen LogP contribution in [0.2, 0.25) is 5.02 Å². The van der Waals surface area contributed by atoms with Crippen molar-refractivity contribution in [1.29, 1.82) is 0 Å². The van der Waals surface area contributed by atoms with Crippen LogP contribution in [0.15, 0.2) is 18.2 Å². The molecule has 0 atom stereocenters.